The lowest BCUT2D eigenvalue weighted by molar-refractivity contribution is -0.146. The van der Waals surface area contributed by atoms with E-state index >= 15 is 0 Å². The molecule has 0 saturated heterocycles. The van der Waals surface area contributed by atoms with Crippen molar-refractivity contribution in [2.24, 2.45) is 11.8 Å². The van der Waals surface area contributed by atoms with Crippen LogP contribution >= 0.6 is 11.6 Å². The molecule has 5 nitrogen and oxygen atoms in total. The van der Waals surface area contributed by atoms with E-state index in [1.54, 1.807) is 18.2 Å². The Morgan fingerprint density at radius 3 is 2.63 bits per heavy atom. The minimum atomic E-state index is -0.961. The monoisotopic (exact) mass is 280 g/mol. The third-order valence-corrected chi connectivity index (χ3v) is 3.39. The van der Waals surface area contributed by atoms with Crippen molar-refractivity contribution in [3.8, 4) is 0 Å². The molecule has 0 unspecified atom stereocenters. The van der Waals surface area contributed by atoms with E-state index < -0.39 is 17.8 Å². The van der Waals surface area contributed by atoms with Gasteiger partial charge in [0.2, 0.25) is 5.91 Å². The molecule has 19 heavy (non-hydrogen) atoms. The highest BCUT2D eigenvalue weighted by Gasteiger charge is 2.34. The van der Waals surface area contributed by atoms with Gasteiger partial charge in [0.25, 0.3) is 0 Å². The van der Waals surface area contributed by atoms with Crippen molar-refractivity contribution < 1.29 is 14.7 Å². The van der Waals surface area contributed by atoms with Gasteiger partial charge in [-0.1, -0.05) is 23.8 Å². The summed E-state index contributed by atoms with van der Waals surface area (Å²) in [6.07, 6.45) is 5.90. The Morgan fingerprint density at radius 2 is 2.00 bits per heavy atom. The van der Waals surface area contributed by atoms with Gasteiger partial charge in [-0.05, 0) is 25.0 Å². The number of rotatable bonds is 3. The number of allylic oxidation sites excluding steroid dienone is 2. The number of carboxylic acid groups (broad SMARTS) is 1. The fourth-order valence-corrected chi connectivity index (χ4v) is 2.23. The number of aromatic nitrogens is 1. The van der Waals surface area contributed by atoms with Gasteiger partial charge in [-0.25, -0.2) is 4.98 Å². The van der Waals surface area contributed by atoms with Gasteiger partial charge in [-0.15, -0.1) is 0 Å². The molecule has 0 aromatic carbocycles. The van der Waals surface area contributed by atoms with Crippen LogP contribution in [0.1, 0.15) is 12.8 Å². The van der Waals surface area contributed by atoms with Gasteiger partial charge in [-0.3, -0.25) is 9.59 Å². The molecular weight excluding hydrogens is 268 g/mol. The second kappa shape index (κ2) is 5.84. The van der Waals surface area contributed by atoms with Crippen LogP contribution < -0.4 is 5.32 Å². The Hall–Kier alpha value is -1.88. The van der Waals surface area contributed by atoms with Crippen molar-refractivity contribution in [1.29, 1.82) is 0 Å². The van der Waals surface area contributed by atoms with Crippen molar-refractivity contribution in [1.82, 2.24) is 4.98 Å². The van der Waals surface area contributed by atoms with Gasteiger partial charge >= 0.3 is 5.97 Å². The Bertz CT molecular complexity index is 530. The molecule has 1 aliphatic carbocycles. The Balaban J connectivity index is 2.13. The molecule has 1 aliphatic rings. The standard InChI is InChI=1S/C13H13ClN2O3/c14-10-6-3-7-15-11(10)16-12(17)8-4-1-2-5-9(8)13(18)19/h1-3,6-9H,4-5H2,(H,18,19)(H,15,16,17)/t8-,9-/m0/s1. The number of carboxylic acids is 1. The molecule has 0 saturated carbocycles. The molecule has 100 valence electrons. The van der Waals surface area contributed by atoms with Gasteiger partial charge in [0.1, 0.15) is 0 Å². The number of pyridine rings is 1. The van der Waals surface area contributed by atoms with Crippen molar-refractivity contribution in [2.75, 3.05) is 5.32 Å². The summed E-state index contributed by atoms with van der Waals surface area (Å²) in [5, 5.41) is 12.0. The van der Waals surface area contributed by atoms with Crippen LogP contribution in [0.3, 0.4) is 0 Å². The number of anilines is 1. The van der Waals surface area contributed by atoms with Gasteiger partial charge in [0, 0.05) is 6.20 Å². The minimum Gasteiger partial charge on any atom is -0.481 e. The molecule has 2 N–H and O–H groups in total. The fourth-order valence-electron chi connectivity index (χ4n) is 2.06. The zero-order valence-corrected chi connectivity index (χ0v) is 10.8. The van der Waals surface area contributed by atoms with Crippen LogP contribution in [-0.4, -0.2) is 22.0 Å². The van der Waals surface area contributed by atoms with Crippen LogP contribution in [0, 0.1) is 11.8 Å². The van der Waals surface area contributed by atoms with Crippen molar-refractivity contribution in [2.45, 2.75) is 12.8 Å². The molecule has 0 spiro atoms. The van der Waals surface area contributed by atoms with Crippen LogP contribution in [0.15, 0.2) is 30.5 Å². The number of carbonyl (C=O) groups excluding carboxylic acids is 1. The normalized spacial score (nSPS) is 21.9. The molecule has 1 amide bonds. The van der Waals surface area contributed by atoms with Crippen LogP contribution in [0.25, 0.3) is 0 Å². The maximum absolute atomic E-state index is 12.1. The second-order valence-electron chi connectivity index (χ2n) is 4.32. The average Bonchev–Trinajstić information content (AvgIpc) is 2.41. The van der Waals surface area contributed by atoms with Gasteiger partial charge < -0.3 is 10.4 Å². The summed E-state index contributed by atoms with van der Waals surface area (Å²) >= 11 is 5.90. The summed E-state index contributed by atoms with van der Waals surface area (Å²) < 4.78 is 0. The summed E-state index contributed by atoms with van der Waals surface area (Å²) in [6.45, 7) is 0. The fraction of sp³-hybridized carbons (Fsp3) is 0.308. The minimum absolute atomic E-state index is 0.257. The van der Waals surface area contributed by atoms with E-state index in [-0.39, 0.29) is 11.7 Å². The van der Waals surface area contributed by atoms with Crippen LogP contribution in [0.2, 0.25) is 5.02 Å². The highest BCUT2D eigenvalue weighted by molar-refractivity contribution is 6.33. The lowest BCUT2D eigenvalue weighted by atomic mass is 9.82. The zero-order valence-electron chi connectivity index (χ0n) is 10.0. The molecule has 1 aromatic rings. The first-order valence-corrected chi connectivity index (χ1v) is 6.26. The molecule has 6 heteroatoms. The Kier molecular flexibility index (Phi) is 4.16. The molecular formula is C13H13ClN2O3. The number of halogens is 1. The second-order valence-corrected chi connectivity index (χ2v) is 4.72. The van der Waals surface area contributed by atoms with Crippen LogP contribution in [-0.2, 0) is 9.59 Å². The highest BCUT2D eigenvalue weighted by Crippen LogP contribution is 2.28. The molecule has 0 aliphatic heterocycles. The molecule has 2 rings (SSSR count). The summed E-state index contributed by atoms with van der Waals surface area (Å²) in [7, 11) is 0. The topological polar surface area (TPSA) is 79.3 Å². The van der Waals surface area contributed by atoms with Crippen LogP contribution in [0.4, 0.5) is 5.82 Å². The largest absolute Gasteiger partial charge is 0.481 e. The number of nitrogens with zero attached hydrogens (tertiary/aromatic N) is 1. The average molecular weight is 281 g/mol. The SMILES string of the molecule is O=C(O)[C@H]1CC=CC[C@@H]1C(=O)Nc1ncccc1Cl. The van der Waals surface area contributed by atoms with Crippen LogP contribution in [0.5, 0.6) is 0 Å². The number of nitrogens with one attached hydrogen (secondary N) is 1. The maximum atomic E-state index is 12.1. The quantitative estimate of drug-likeness (QED) is 0.833. The predicted octanol–water partition coefficient (Wildman–Crippen LogP) is 2.34. The van der Waals surface area contributed by atoms with Crippen molar-refractivity contribution in [3.63, 3.8) is 0 Å². The summed E-state index contributed by atoms with van der Waals surface area (Å²) in [5.41, 5.74) is 0. The number of amides is 1. The van der Waals surface area contributed by atoms with E-state index in [0.717, 1.165) is 0 Å². The van der Waals surface area contributed by atoms with E-state index in [1.807, 2.05) is 6.08 Å². The highest BCUT2D eigenvalue weighted by atomic mass is 35.5. The van der Waals surface area contributed by atoms with Crippen molar-refractivity contribution in [3.05, 3.63) is 35.5 Å². The van der Waals surface area contributed by atoms with Gasteiger partial charge in [0.15, 0.2) is 5.82 Å². The first-order valence-electron chi connectivity index (χ1n) is 5.88. The van der Waals surface area contributed by atoms with Gasteiger partial charge in [-0.2, -0.15) is 0 Å². The Labute approximate surface area is 115 Å². The van der Waals surface area contributed by atoms with E-state index in [4.69, 9.17) is 16.7 Å². The van der Waals surface area contributed by atoms with E-state index in [0.29, 0.717) is 17.9 Å². The third-order valence-electron chi connectivity index (χ3n) is 3.09. The third kappa shape index (κ3) is 3.12. The molecule has 0 bridgehead atoms. The number of aliphatic carboxylic acids is 1. The number of hydrogen-bond acceptors (Lipinski definition) is 3. The first-order chi connectivity index (χ1) is 9.09. The lowest BCUT2D eigenvalue weighted by Gasteiger charge is -2.24. The molecule has 0 radical (unpaired) electrons. The molecule has 2 atom stereocenters. The summed E-state index contributed by atoms with van der Waals surface area (Å²) in [6, 6.07) is 3.26. The predicted molar refractivity (Wildman–Crippen MR) is 70.9 cm³/mol. The lowest BCUT2D eigenvalue weighted by Crippen LogP contribution is -2.35. The molecule has 1 heterocycles. The number of hydrogen-bond donors (Lipinski definition) is 2. The number of carbonyl (C=O) groups is 2. The van der Waals surface area contributed by atoms with E-state index in [2.05, 4.69) is 10.3 Å². The van der Waals surface area contributed by atoms with Crippen molar-refractivity contribution >= 4 is 29.3 Å². The van der Waals surface area contributed by atoms with Gasteiger partial charge in [0.05, 0.1) is 16.9 Å². The van der Waals surface area contributed by atoms with E-state index in [9.17, 15) is 9.59 Å². The summed E-state index contributed by atoms with van der Waals surface area (Å²) in [4.78, 5) is 27.2. The Morgan fingerprint density at radius 1 is 1.32 bits per heavy atom. The molecule has 1 aromatic heterocycles. The molecule has 0 fully saturated rings. The summed E-state index contributed by atoms with van der Waals surface area (Å²) in [5.74, 6) is -2.37. The first kappa shape index (κ1) is 13.5. The van der Waals surface area contributed by atoms with E-state index in [1.165, 1.54) is 6.20 Å². The maximum Gasteiger partial charge on any atom is 0.307 e. The smallest absolute Gasteiger partial charge is 0.307 e. The zero-order chi connectivity index (χ0) is 13.8.